The molecule has 0 aromatic heterocycles. The molecule has 3 heterocycles. The van der Waals surface area contributed by atoms with Crippen molar-refractivity contribution in [2.24, 2.45) is 17.8 Å². The number of hydrogen-bond acceptors (Lipinski definition) is 5. The molecule has 0 aliphatic carbocycles. The third kappa shape index (κ3) is 4.38. The largest absolute Gasteiger partial charge is 0.481 e. The fourth-order valence-electron chi connectivity index (χ4n) is 6.20. The van der Waals surface area contributed by atoms with E-state index in [0.717, 1.165) is 12.8 Å². The summed E-state index contributed by atoms with van der Waals surface area (Å²) in [6, 6.07) is -1.37. The SMILES string of the molecule is C=CCN(C(=O)C1N([C@@H](CO)CC(C)C)C(=O)[C@@H]2[C@@H](C(=O)O)[C@@H]3SC12CC3Br)C(C)CCC. The maximum atomic E-state index is 14.2. The van der Waals surface area contributed by atoms with Crippen molar-refractivity contribution < 1.29 is 24.6 Å². The molecule has 0 saturated carbocycles. The molecule has 7 nitrogen and oxygen atoms in total. The number of alkyl halides is 1. The summed E-state index contributed by atoms with van der Waals surface area (Å²) in [4.78, 5) is 43.7. The molecule has 3 saturated heterocycles. The molecule has 3 aliphatic rings. The van der Waals surface area contributed by atoms with Gasteiger partial charge in [-0.25, -0.2) is 0 Å². The number of carbonyl (C=O) groups is 3. The van der Waals surface area contributed by atoms with Crippen LogP contribution in [0.2, 0.25) is 0 Å². The standard InChI is InChI=1S/C24H37BrN2O5S/c1-6-8-14(5)26(9-7-2)22(30)20-24-11-16(25)19(33-24)17(23(31)32)18(24)21(29)27(20)15(12-28)10-13(3)4/h7,13-20,28H,2,6,8-12H2,1,3-5H3,(H,31,32)/t14?,15-,16?,17-,18+,19-,20?,24?/m1/s1. The maximum Gasteiger partial charge on any atom is 0.308 e. The molecule has 2 N–H and O–H groups in total. The lowest BCUT2D eigenvalue weighted by molar-refractivity contribution is -0.150. The second-order valence-corrected chi connectivity index (χ2v) is 12.8. The molecule has 9 heteroatoms. The van der Waals surface area contributed by atoms with Crippen LogP contribution in [-0.4, -0.2) is 83.9 Å². The highest BCUT2D eigenvalue weighted by Gasteiger charge is 2.76. The molecule has 8 atom stereocenters. The highest BCUT2D eigenvalue weighted by atomic mass is 79.9. The van der Waals surface area contributed by atoms with E-state index in [1.54, 1.807) is 15.9 Å². The van der Waals surface area contributed by atoms with Crippen molar-refractivity contribution >= 4 is 45.5 Å². The third-order valence-electron chi connectivity index (χ3n) is 7.44. The number of fused-ring (bicyclic) bond motifs is 1. The minimum atomic E-state index is -0.989. The Kier molecular flexibility index (Phi) is 8.27. The van der Waals surface area contributed by atoms with Crippen LogP contribution >= 0.6 is 27.7 Å². The lowest BCUT2D eigenvalue weighted by Crippen LogP contribution is -2.59. The molecule has 4 unspecified atom stereocenters. The Labute approximate surface area is 209 Å². The Hall–Kier alpha value is -1.06. The molecule has 0 radical (unpaired) electrons. The van der Waals surface area contributed by atoms with Gasteiger partial charge >= 0.3 is 5.97 Å². The minimum Gasteiger partial charge on any atom is -0.481 e. The summed E-state index contributed by atoms with van der Waals surface area (Å²) in [6.45, 7) is 12.0. The van der Waals surface area contributed by atoms with E-state index in [1.165, 1.54) is 11.8 Å². The number of carboxylic acids is 1. The average Bonchev–Trinajstić information content (AvgIpc) is 3.33. The van der Waals surface area contributed by atoms with Gasteiger partial charge < -0.3 is 20.0 Å². The first-order valence-corrected chi connectivity index (χ1v) is 13.7. The van der Waals surface area contributed by atoms with E-state index in [2.05, 4.69) is 29.4 Å². The summed E-state index contributed by atoms with van der Waals surface area (Å²) in [5, 5.41) is 20.1. The number of thioether (sulfide) groups is 1. The predicted octanol–water partition coefficient (Wildman–Crippen LogP) is 3.15. The van der Waals surface area contributed by atoms with Crippen LogP contribution in [0.1, 0.15) is 53.4 Å². The molecule has 2 amide bonds. The fourth-order valence-corrected chi connectivity index (χ4v) is 9.79. The third-order valence-corrected chi connectivity index (χ3v) is 10.7. The van der Waals surface area contributed by atoms with Gasteiger partial charge in [0.25, 0.3) is 0 Å². The van der Waals surface area contributed by atoms with E-state index < -0.39 is 34.6 Å². The van der Waals surface area contributed by atoms with Crippen LogP contribution < -0.4 is 0 Å². The first kappa shape index (κ1) is 26.5. The molecule has 3 fully saturated rings. The number of aliphatic carboxylic acids is 1. The van der Waals surface area contributed by atoms with Crippen molar-refractivity contribution in [3.8, 4) is 0 Å². The topological polar surface area (TPSA) is 98.2 Å². The quantitative estimate of drug-likeness (QED) is 0.306. The number of carbonyl (C=O) groups excluding carboxylic acids is 2. The van der Waals surface area contributed by atoms with E-state index in [0.29, 0.717) is 19.4 Å². The lowest BCUT2D eigenvalue weighted by atomic mass is 9.71. The molecule has 3 aliphatic heterocycles. The van der Waals surface area contributed by atoms with Gasteiger partial charge in [-0.3, -0.25) is 14.4 Å². The molecular formula is C24H37BrN2O5S. The molecular weight excluding hydrogens is 508 g/mol. The highest BCUT2D eigenvalue weighted by Crippen LogP contribution is 2.68. The molecule has 3 rings (SSSR count). The van der Waals surface area contributed by atoms with Gasteiger partial charge in [-0.05, 0) is 32.1 Å². The molecule has 33 heavy (non-hydrogen) atoms. The van der Waals surface area contributed by atoms with Gasteiger partial charge in [-0.15, -0.1) is 18.3 Å². The monoisotopic (exact) mass is 544 g/mol. The molecule has 186 valence electrons. The second kappa shape index (κ2) is 10.3. The number of likely N-dealkylation sites (tertiary alicyclic amines) is 1. The number of aliphatic hydroxyl groups is 1. The second-order valence-electron chi connectivity index (χ2n) is 10.1. The van der Waals surface area contributed by atoms with Gasteiger partial charge in [0.1, 0.15) is 6.04 Å². The van der Waals surface area contributed by atoms with Crippen LogP contribution in [0, 0.1) is 17.8 Å². The molecule has 1 spiro atoms. The van der Waals surface area contributed by atoms with Crippen molar-refractivity contribution in [1.82, 2.24) is 9.80 Å². The first-order valence-electron chi connectivity index (χ1n) is 11.9. The Balaban J connectivity index is 2.13. The number of nitrogens with zero attached hydrogens (tertiary/aromatic N) is 2. The summed E-state index contributed by atoms with van der Waals surface area (Å²) >= 11 is 5.16. The number of amides is 2. The van der Waals surface area contributed by atoms with Crippen LogP contribution in [0.25, 0.3) is 0 Å². The van der Waals surface area contributed by atoms with Gasteiger partial charge in [-0.1, -0.05) is 49.2 Å². The van der Waals surface area contributed by atoms with Crippen molar-refractivity contribution in [2.75, 3.05) is 13.2 Å². The predicted molar refractivity (Wildman–Crippen MR) is 133 cm³/mol. The van der Waals surface area contributed by atoms with E-state index >= 15 is 0 Å². The summed E-state index contributed by atoms with van der Waals surface area (Å²) in [6.07, 6.45) is 4.53. The van der Waals surface area contributed by atoms with E-state index in [9.17, 15) is 24.6 Å². The van der Waals surface area contributed by atoms with E-state index in [-0.39, 0.29) is 40.5 Å². The Morgan fingerprint density at radius 3 is 2.58 bits per heavy atom. The van der Waals surface area contributed by atoms with Crippen LogP contribution in [-0.2, 0) is 14.4 Å². The zero-order valence-electron chi connectivity index (χ0n) is 19.9. The molecule has 0 aromatic carbocycles. The van der Waals surface area contributed by atoms with Gasteiger partial charge in [0.05, 0.1) is 29.2 Å². The average molecular weight is 546 g/mol. The van der Waals surface area contributed by atoms with Gasteiger partial charge in [-0.2, -0.15) is 0 Å². The number of carboxylic acid groups (broad SMARTS) is 1. The number of hydrogen-bond donors (Lipinski definition) is 2. The maximum absolute atomic E-state index is 14.2. The Morgan fingerprint density at radius 1 is 1.39 bits per heavy atom. The number of rotatable bonds is 11. The Bertz CT molecular complexity index is 795. The minimum absolute atomic E-state index is 0.0378. The smallest absolute Gasteiger partial charge is 0.308 e. The molecule has 2 bridgehead atoms. The van der Waals surface area contributed by atoms with Crippen molar-refractivity contribution in [3.05, 3.63) is 12.7 Å². The van der Waals surface area contributed by atoms with Crippen LogP contribution in [0.15, 0.2) is 12.7 Å². The fraction of sp³-hybridized carbons (Fsp3) is 0.792. The van der Waals surface area contributed by atoms with Crippen LogP contribution in [0.4, 0.5) is 0 Å². The normalized spacial score (nSPS) is 34.5. The summed E-state index contributed by atoms with van der Waals surface area (Å²) in [5.74, 6) is -2.85. The number of aliphatic hydroxyl groups excluding tert-OH is 1. The van der Waals surface area contributed by atoms with Crippen LogP contribution in [0.3, 0.4) is 0 Å². The van der Waals surface area contributed by atoms with Gasteiger partial charge in [0, 0.05) is 22.7 Å². The van der Waals surface area contributed by atoms with Crippen LogP contribution in [0.5, 0.6) is 0 Å². The van der Waals surface area contributed by atoms with Crippen molar-refractivity contribution in [3.63, 3.8) is 0 Å². The summed E-state index contributed by atoms with van der Waals surface area (Å²) in [5.41, 5.74) is 0. The summed E-state index contributed by atoms with van der Waals surface area (Å²) in [7, 11) is 0. The molecule has 0 aromatic rings. The van der Waals surface area contributed by atoms with Crippen molar-refractivity contribution in [2.45, 2.75) is 86.3 Å². The summed E-state index contributed by atoms with van der Waals surface area (Å²) < 4.78 is -0.814. The van der Waals surface area contributed by atoms with Crippen molar-refractivity contribution in [1.29, 1.82) is 0 Å². The van der Waals surface area contributed by atoms with E-state index in [1.807, 2.05) is 20.8 Å². The zero-order valence-corrected chi connectivity index (χ0v) is 22.3. The first-order chi connectivity index (χ1) is 15.5. The number of halogens is 1. The van der Waals surface area contributed by atoms with Gasteiger partial charge in [0.15, 0.2) is 0 Å². The highest BCUT2D eigenvalue weighted by molar-refractivity contribution is 9.09. The lowest BCUT2D eigenvalue weighted by Gasteiger charge is -2.41. The zero-order chi connectivity index (χ0) is 24.7. The Morgan fingerprint density at radius 2 is 2.06 bits per heavy atom. The van der Waals surface area contributed by atoms with Gasteiger partial charge in [0.2, 0.25) is 11.8 Å². The van der Waals surface area contributed by atoms with E-state index in [4.69, 9.17) is 0 Å².